The number of allylic oxidation sites excluding steroid dienone is 2. The van der Waals surface area contributed by atoms with E-state index in [1.165, 1.54) is 11.1 Å². The minimum absolute atomic E-state index is 0.147. The van der Waals surface area contributed by atoms with Crippen molar-refractivity contribution in [1.82, 2.24) is 9.58 Å². The highest BCUT2D eigenvalue weighted by molar-refractivity contribution is 6.07. The Hall–Kier alpha value is -3.47. The SMILES string of the molecule is Cc1ccc(Cn2cc(C=NN3C(=O)[C@@H]4[C@H](C3=O)[C@H]3C=C[C@H]4C3)c3ccccc32)cc1. The van der Waals surface area contributed by atoms with E-state index in [-0.39, 0.29) is 35.5 Å². The van der Waals surface area contributed by atoms with Crippen LogP contribution < -0.4 is 0 Å². The summed E-state index contributed by atoms with van der Waals surface area (Å²) in [4.78, 5) is 25.8. The van der Waals surface area contributed by atoms with Crippen LogP contribution in [0.2, 0.25) is 0 Å². The van der Waals surface area contributed by atoms with Crippen LogP contribution in [0.15, 0.2) is 72.0 Å². The third-order valence-electron chi connectivity index (χ3n) is 7.05. The predicted molar refractivity (Wildman–Crippen MR) is 119 cm³/mol. The van der Waals surface area contributed by atoms with Gasteiger partial charge in [0.2, 0.25) is 0 Å². The number of nitrogens with zero attached hydrogens (tertiary/aromatic N) is 3. The molecular formula is C26H23N3O2. The molecule has 0 spiro atoms. The molecule has 1 saturated carbocycles. The van der Waals surface area contributed by atoms with Crippen LogP contribution >= 0.6 is 0 Å². The second-order valence-corrected chi connectivity index (χ2v) is 8.95. The van der Waals surface area contributed by atoms with E-state index in [0.29, 0.717) is 0 Å². The molecule has 2 bridgehead atoms. The molecule has 1 aliphatic heterocycles. The number of amides is 2. The molecule has 2 amide bonds. The molecule has 0 radical (unpaired) electrons. The third kappa shape index (κ3) is 2.80. The van der Waals surface area contributed by atoms with Crippen LogP contribution in [0.4, 0.5) is 0 Å². The summed E-state index contributed by atoms with van der Waals surface area (Å²) in [5.41, 5.74) is 4.46. The third-order valence-corrected chi connectivity index (χ3v) is 7.05. The largest absolute Gasteiger partial charge is 0.342 e. The minimum Gasteiger partial charge on any atom is -0.342 e. The summed E-state index contributed by atoms with van der Waals surface area (Å²) in [7, 11) is 0. The lowest BCUT2D eigenvalue weighted by Crippen LogP contribution is -2.28. The Morgan fingerprint density at radius 1 is 0.968 bits per heavy atom. The first kappa shape index (κ1) is 18.3. The van der Waals surface area contributed by atoms with Gasteiger partial charge in [-0.05, 0) is 36.8 Å². The Morgan fingerprint density at radius 2 is 1.65 bits per heavy atom. The lowest BCUT2D eigenvalue weighted by atomic mass is 9.85. The Balaban J connectivity index is 1.31. The molecule has 2 fully saturated rings. The fourth-order valence-electron chi connectivity index (χ4n) is 5.52. The fourth-order valence-corrected chi connectivity index (χ4v) is 5.52. The number of aryl methyl sites for hydroxylation is 1. The molecule has 154 valence electrons. The van der Waals surface area contributed by atoms with Gasteiger partial charge in [-0.3, -0.25) is 9.59 Å². The number of hydrogen-bond acceptors (Lipinski definition) is 3. The van der Waals surface area contributed by atoms with Crippen LogP contribution in [-0.4, -0.2) is 27.6 Å². The van der Waals surface area contributed by atoms with Crippen LogP contribution in [0, 0.1) is 30.6 Å². The van der Waals surface area contributed by atoms with Gasteiger partial charge >= 0.3 is 0 Å². The quantitative estimate of drug-likeness (QED) is 0.369. The van der Waals surface area contributed by atoms with Gasteiger partial charge in [0.25, 0.3) is 11.8 Å². The first-order valence-corrected chi connectivity index (χ1v) is 10.8. The second-order valence-electron chi connectivity index (χ2n) is 8.95. The van der Waals surface area contributed by atoms with E-state index >= 15 is 0 Å². The molecule has 0 N–H and O–H groups in total. The lowest BCUT2D eigenvalue weighted by molar-refractivity contribution is -0.140. The molecule has 1 aromatic heterocycles. The van der Waals surface area contributed by atoms with Crippen molar-refractivity contribution >= 4 is 28.9 Å². The van der Waals surface area contributed by atoms with Crippen molar-refractivity contribution in [3.63, 3.8) is 0 Å². The van der Waals surface area contributed by atoms with E-state index in [1.54, 1.807) is 6.21 Å². The Bertz CT molecular complexity index is 1240. The molecule has 2 aliphatic carbocycles. The molecule has 31 heavy (non-hydrogen) atoms. The van der Waals surface area contributed by atoms with E-state index in [0.717, 1.165) is 34.4 Å². The van der Waals surface area contributed by atoms with E-state index in [4.69, 9.17) is 0 Å². The number of benzene rings is 2. The highest BCUT2D eigenvalue weighted by Gasteiger charge is 2.59. The molecular weight excluding hydrogens is 386 g/mol. The van der Waals surface area contributed by atoms with E-state index in [2.05, 4.69) is 65.1 Å². The standard InChI is InChI=1S/C26H23N3O2/c1-16-6-8-17(9-7-16)14-28-15-20(21-4-2-3-5-22(21)28)13-27-29-25(30)23-18-10-11-19(12-18)24(23)26(29)31/h2-11,13,15,18-19,23-24H,12,14H2,1H3/t18-,19-,23-,24+/m0/s1. The number of fused-ring (bicyclic) bond motifs is 6. The van der Waals surface area contributed by atoms with Gasteiger partial charge in [-0.25, -0.2) is 0 Å². The average Bonchev–Trinajstić information content (AvgIpc) is 3.53. The van der Waals surface area contributed by atoms with E-state index < -0.39 is 0 Å². The molecule has 1 saturated heterocycles. The highest BCUT2D eigenvalue weighted by Crippen LogP contribution is 2.52. The average molecular weight is 409 g/mol. The Labute approximate surface area is 180 Å². The van der Waals surface area contributed by atoms with Gasteiger partial charge in [-0.2, -0.15) is 10.1 Å². The maximum absolute atomic E-state index is 12.9. The fraction of sp³-hybridized carbons (Fsp3) is 0.269. The molecule has 3 aliphatic rings. The van der Waals surface area contributed by atoms with E-state index in [1.807, 2.05) is 18.3 Å². The first-order valence-electron chi connectivity index (χ1n) is 10.8. The van der Waals surface area contributed by atoms with Gasteiger partial charge in [0.05, 0.1) is 18.1 Å². The number of rotatable bonds is 4. The normalized spacial score (nSPS) is 26.7. The monoisotopic (exact) mass is 409 g/mol. The summed E-state index contributed by atoms with van der Waals surface area (Å²) in [6.07, 6.45) is 8.84. The summed E-state index contributed by atoms with van der Waals surface area (Å²) in [6, 6.07) is 16.7. The van der Waals surface area contributed by atoms with Crippen molar-refractivity contribution in [2.45, 2.75) is 19.9 Å². The number of hydrogen-bond donors (Lipinski definition) is 0. The zero-order valence-corrected chi connectivity index (χ0v) is 17.3. The van der Waals surface area contributed by atoms with Gasteiger partial charge in [0.15, 0.2) is 0 Å². The Kier molecular flexibility index (Phi) is 4.00. The number of para-hydroxylation sites is 1. The minimum atomic E-state index is -0.220. The van der Waals surface area contributed by atoms with Crippen molar-refractivity contribution in [1.29, 1.82) is 0 Å². The van der Waals surface area contributed by atoms with Crippen molar-refractivity contribution in [2.24, 2.45) is 28.8 Å². The number of hydrazone groups is 1. The van der Waals surface area contributed by atoms with Crippen LogP contribution in [0.1, 0.15) is 23.1 Å². The van der Waals surface area contributed by atoms with Crippen molar-refractivity contribution in [3.8, 4) is 0 Å². The predicted octanol–water partition coefficient (Wildman–Crippen LogP) is 4.14. The highest BCUT2D eigenvalue weighted by atomic mass is 16.2. The van der Waals surface area contributed by atoms with Crippen LogP contribution in [0.3, 0.4) is 0 Å². The second kappa shape index (κ2) is 6.77. The summed E-state index contributed by atoms with van der Waals surface area (Å²) in [6.45, 7) is 2.83. The number of imide groups is 1. The number of carbonyl (C=O) groups is 2. The zero-order valence-electron chi connectivity index (χ0n) is 17.3. The van der Waals surface area contributed by atoms with Crippen LogP contribution in [0.25, 0.3) is 10.9 Å². The maximum Gasteiger partial charge on any atom is 0.254 e. The van der Waals surface area contributed by atoms with Gasteiger partial charge in [0, 0.05) is 29.2 Å². The van der Waals surface area contributed by atoms with Gasteiger partial charge in [-0.1, -0.05) is 60.2 Å². The molecule has 2 aromatic carbocycles. The number of aromatic nitrogens is 1. The first-order chi connectivity index (χ1) is 15.1. The van der Waals surface area contributed by atoms with Gasteiger partial charge in [0.1, 0.15) is 0 Å². The molecule has 4 atom stereocenters. The maximum atomic E-state index is 12.9. The smallest absolute Gasteiger partial charge is 0.254 e. The summed E-state index contributed by atoms with van der Waals surface area (Å²) < 4.78 is 2.19. The topological polar surface area (TPSA) is 54.7 Å². The van der Waals surface area contributed by atoms with Crippen LogP contribution in [-0.2, 0) is 16.1 Å². The summed E-state index contributed by atoms with van der Waals surface area (Å²) in [5, 5.41) is 6.56. The number of carbonyl (C=O) groups excluding carboxylic acids is 2. The molecule has 0 unspecified atom stereocenters. The Morgan fingerprint density at radius 3 is 2.35 bits per heavy atom. The van der Waals surface area contributed by atoms with Gasteiger partial charge < -0.3 is 4.57 Å². The van der Waals surface area contributed by atoms with E-state index in [9.17, 15) is 9.59 Å². The summed E-state index contributed by atoms with van der Waals surface area (Å²) >= 11 is 0. The molecule has 2 heterocycles. The molecule has 6 rings (SSSR count). The molecule has 5 heteroatoms. The van der Waals surface area contributed by atoms with Gasteiger partial charge in [-0.15, -0.1) is 0 Å². The van der Waals surface area contributed by atoms with Crippen molar-refractivity contribution < 1.29 is 9.59 Å². The lowest BCUT2D eigenvalue weighted by Gasteiger charge is -2.13. The molecule has 3 aromatic rings. The zero-order chi connectivity index (χ0) is 21.1. The molecule has 5 nitrogen and oxygen atoms in total. The van der Waals surface area contributed by atoms with Crippen molar-refractivity contribution in [2.75, 3.05) is 0 Å². The van der Waals surface area contributed by atoms with Crippen LogP contribution in [0.5, 0.6) is 0 Å². The summed E-state index contributed by atoms with van der Waals surface area (Å²) in [5.74, 6) is -0.339. The van der Waals surface area contributed by atoms with Crippen molar-refractivity contribution in [3.05, 3.63) is 83.6 Å².